The predicted octanol–water partition coefficient (Wildman–Crippen LogP) is 3.30. The van der Waals surface area contributed by atoms with Crippen LogP contribution in [0.25, 0.3) is 6.08 Å². The molecule has 0 unspecified atom stereocenters. The summed E-state index contributed by atoms with van der Waals surface area (Å²) in [7, 11) is 7.62. The van der Waals surface area contributed by atoms with Crippen LogP contribution in [0.1, 0.15) is 28.4 Å². The zero-order chi connectivity index (χ0) is 23.7. The molecule has 0 fully saturated rings. The summed E-state index contributed by atoms with van der Waals surface area (Å²) in [6.07, 6.45) is 3.59. The lowest BCUT2D eigenvalue weighted by Crippen LogP contribution is -2.23. The minimum absolute atomic E-state index is 0.138. The average Bonchev–Trinajstić information content (AvgIpc) is 2.80. The van der Waals surface area contributed by atoms with Gasteiger partial charge in [0.15, 0.2) is 28.8 Å². The van der Waals surface area contributed by atoms with Crippen LogP contribution in [0.5, 0.6) is 28.7 Å². The maximum atomic E-state index is 13.1. The highest BCUT2D eigenvalue weighted by Crippen LogP contribution is 2.38. The van der Waals surface area contributed by atoms with E-state index in [9.17, 15) is 9.59 Å². The van der Waals surface area contributed by atoms with Crippen LogP contribution in [0, 0.1) is 0 Å². The number of methoxy groups -OCH3 is 5. The van der Waals surface area contributed by atoms with Crippen molar-refractivity contribution in [3.05, 3.63) is 47.0 Å². The number of hydrogen-bond donors (Lipinski definition) is 1. The topological polar surface area (TPSA) is 92.3 Å². The van der Waals surface area contributed by atoms with Crippen LogP contribution in [0.15, 0.2) is 30.3 Å². The first-order chi connectivity index (χ1) is 15.4. The minimum Gasteiger partial charge on any atom is -0.493 e. The number of allylic oxidation sites excluding steroid dienone is 1. The highest BCUT2D eigenvalue weighted by atomic mass is 16.5. The highest BCUT2D eigenvalue weighted by molar-refractivity contribution is 6.08. The van der Waals surface area contributed by atoms with Crippen molar-refractivity contribution in [2.24, 2.45) is 0 Å². The van der Waals surface area contributed by atoms with Gasteiger partial charge in [0.05, 0.1) is 35.5 Å². The highest BCUT2D eigenvalue weighted by Gasteiger charge is 2.16. The number of carbonyl (C=O) groups is 2. The Hall–Kier alpha value is -3.68. The van der Waals surface area contributed by atoms with Gasteiger partial charge in [-0.1, -0.05) is 6.08 Å². The van der Waals surface area contributed by atoms with E-state index < -0.39 is 0 Å². The van der Waals surface area contributed by atoms with Crippen LogP contribution in [0.3, 0.4) is 0 Å². The van der Waals surface area contributed by atoms with Crippen molar-refractivity contribution < 1.29 is 33.3 Å². The van der Waals surface area contributed by atoms with Gasteiger partial charge in [-0.05, 0) is 47.9 Å². The summed E-state index contributed by atoms with van der Waals surface area (Å²) in [5.41, 5.74) is 1.89. The maximum absolute atomic E-state index is 13.1. The Balaban J connectivity index is 2.41. The van der Waals surface area contributed by atoms with E-state index in [1.807, 2.05) is 0 Å². The summed E-state index contributed by atoms with van der Waals surface area (Å²) in [6, 6.07) is 6.89. The first-order valence-corrected chi connectivity index (χ1v) is 9.90. The molecule has 0 heterocycles. The van der Waals surface area contributed by atoms with Crippen molar-refractivity contribution in [3.8, 4) is 28.7 Å². The van der Waals surface area contributed by atoms with Crippen molar-refractivity contribution in [2.75, 3.05) is 42.1 Å². The molecule has 0 spiro atoms. The Morgan fingerprint density at radius 3 is 1.88 bits per heavy atom. The lowest BCUT2D eigenvalue weighted by molar-refractivity contribution is -0.118. The summed E-state index contributed by atoms with van der Waals surface area (Å²) < 4.78 is 26.8. The standard InChI is InChI=1S/C24H29NO7/c1-15(26)25-10-9-17-13-20(28-2)21(29-3)14-18(17)19(27)8-7-16-11-22(30-4)24(32-6)23(12-16)31-5/h7-8,11-14H,9-10H2,1-6H3,(H,25,26). The first kappa shape index (κ1) is 24.6. The molecular weight excluding hydrogens is 414 g/mol. The van der Waals surface area contributed by atoms with E-state index in [1.54, 1.807) is 30.3 Å². The smallest absolute Gasteiger partial charge is 0.216 e. The Labute approximate surface area is 188 Å². The fraction of sp³-hybridized carbons (Fsp3) is 0.333. The molecular formula is C24H29NO7. The van der Waals surface area contributed by atoms with Crippen molar-refractivity contribution >= 4 is 17.8 Å². The minimum atomic E-state index is -0.225. The molecule has 0 aliphatic heterocycles. The zero-order valence-electron chi connectivity index (χ0n) is 19.2. The van der Waals surface area contributed by atoms with Gasteiger partial charge in [0.25, 0.3) is 0 Å². The van der Waals surface area contributed by atoms with E-state index in [-0.39, 0.29) is 11.7 Å². The van der Waals surface area contributed by atoms with Crippen molar-refractivity contribution in [1.82, 2.24) is 5.32 Å². The second kappa shape index (κ2) is 11.6. The van der Waals surface area contributed by atoms with Gasteiger partial charge in [0, 0.05) is 19.0 Å². The molecule has 0 atom stereocenters. The lowest BCUT2D eigenvalue weighted by Gasteiger charge is -2.14. The third-order valence-electron chi connectivity index (χ3n) is 4.76. The largest absolute Gasteiger partial charge is 0.493 e. The molecule has 0 aliphatic carbocycles. The van der Waals surface area contributed by atoms with Crippen LogP contribution in [0.2, 0.25) is 0 Å². The quantitative estimate of drug-likeness (QED) is 0.421. The fourth-order valence-corrected chi connectivity index (χ4v) is 3.19. The SMILES string of the molecule is COc1cc(CCNC(C)=O)c(C(=O)C=Cc2cc(OC)c(OC)c(OC)c2)cc1OC. The van der Waals surface area contributed by atoms with Gasteiger partial charge < -0.3 is 29.0 Å². The lowest BCUT2D eigenvalue weighted by atomic mass is 9.99. The molecule has 2 rings (SSSR count). The number of ketones is 1. The van der Waals surface area contributed by atoms with Gasteiger partial charge in [0.2, 0.25) is 11.7 Å². The molecule has 0 bridgehead atoms. The normalized spacial score (nSPS) is 10.6. The summed E-state index contributed by atoms with van der Waals surface area (Å²) >= 11 is 0. The number of carbonyl (C=O) groups excluding carboxylic acids is 2. The summed E-state index contributed by atoms with van der Waals surface area (Å²) in [6.45, 7) is 1.84. The molecule has 1 N–H and O–H groups in total. The van der Waals surface area contributed by atoms with Gasteiger partial charge in [-0.2, -0.15) is 0 Å². The Morgan fingerprint density at radius 2 is 1.38 bits per heavy atom. The second-order valence-corrected chi connectivity index (χ2v) is 6.75. The van der Waals surface area contributed by atoms with E-state index in [0.717, 1.165) is 5.56 Å². The van der Waals surface area contributed by atoms with Crippen LogP contribution in [-0.2, 0) is 11.2 Å². The van der Waals surface area contributed by atoms with Gasteiger partial charge in [-0.15, -0.1) is 0 Å². The third-order valence-corrected chi connectivity index (χ3v) is 4.76. The molecule has 1 amide bonds. The van der Waals surface area contributed by atoms with E-state index in [1.165, 1.54) is 48.5 Å². The Kier molecular flexibility index (Phi) is 8.95. The average molecular weight is 443 g/mol. The number of benzene rings is 2. The van der Waals surface area contributed by atoms with E-state index >= 15 is 0 Å². The van der Waals surface area contributed by atoms with Crippen LogP contribution in [0.4, 0.5) is 0 Å². The summed E-state index contributed by atoms with van der Waals surface area (Å²) in [5, 5.41) is 2.74. The summed E-state index contributed by atoms with van der Waals surface area (Å²) in [5.74, 6) is 2.04. The fourth-order valence-electron chi connectivity index (χ4n) is 3.19. The van der Waals surface area contributed by atoms with Gasteiger partial charge in [0.1, 0.15) is 0 Å². The van der Waals surface area contributed by atoms with Crippen LogP contribution < -0.4 is 29.0 Å². The Morgan fingerprint density at radius 1 is 0.812 bits per heavy atom. The Bertz CT molecular complexity index is 973. The predicted molar refractivity (Wildman–Crippen MR) is 121 cm³/mol. The number of nitrogens with one attached hydrogen (secondary N) is 1. The zero-order valence-corrected chi connectivity index (χ0v) is 19.2. The number of hydrogen-bond acceptors (Lipinski definition) is 7. The number of rotatable bonds is 11. The molecule has 0 aliphatic rings. The monoisotopic (exact) mass is 443 g/mol. The number of amides is 1. The van der Waals surface area contributed by atoms with Gasteiger partial charge in [-0.3, -0.25) is 9.59 Å². The van der Waals surface area contributed by atoms with E-state index in [4.69, 9.17) is 23.7 Å². The molecule has 8 nitrogen and oxygen atoms in total. The first-order valence-electron chi connectivity index (χ1n) is 9.90. The molecule has 2 aromatic rings. The van der Waals surface area contributed by atoms with Crippen LogP contribution in [-0.4, -0.2) is 53.8 Å². The third kappa shape index (κ3) is 5.94. The van der Waals surface area contributed by atoms with E-state index in [0.29, 0.717) is 52.8 Å². The van der Waals surface area contributed by atoms with Gasteiger partial charge in [-0.25, -0.2) is 0 Å². The second-order valence-electron chi connectivity index (χ2n) is 6.75. The van der Waals surface area contributed by atoms with E-state index in [2.05, 4.69) is 5.32 Å². The molecule has 0 aromatic heterocycles. The molecule has 0 saturated carbocycles. The van der Waals surface area contributed by atoms with Gasteiger partial charge >= 0.3 is 0 Å². The number of ether oxygens (including phenoxy) is 5. The van der Waals surface area contributed by atoms with Crippen molar-refractivity contribution in [3.63, 3.8) is 0 Å². The maximum Gasteiger partial charge on any atom is 0.216 e. The molecule has 8 heteroatoms. The molecule has 2 aromatic carbocycles. The summed E-state index contributed by atoms with van der Waals surface area (Å²) in [4.78, 5) is 24.3. The van der Waals surface area contributed by atoms with Crippen LogP contribution >= 0.6 is 0 Å². The molecule has 0 radical (unpaired) electrons. The molecule has 0 saturated heterocycles. The van der Waals surface area contributed by atoms with Crippen molar-refractivity contribution in [2.45, 2.75) is 13.3 Å². The molecule has 172 valence electrons. The molecule has 32 heavy (non-hydrogen) atoms. The van der Waals surface area contributed by atoms with Crippen molar-refractivity contribution in [1.29, 1.82) is 0 Å².